The van der Waals surface area contributed by atoms with E-state index in [2.05, 4.69) is 15.0 Å². The van der Waals surface area contributed by atoms with Crippen molar-refractivity contribution in [2.45, 2.75) is 40.0 Å². The van der Waals surface area contributed by atoms with E-state index in [0.717, 1.165) is 0 Å². The van der Waals surface area contributed by atoms with E-state index in [0.29, 0.717) is 11.3 Å². The second-order valence-electron chi connectivity index (χ2n) is 7.28. The third-order valence-corrected chi connectivity index (χ3v) is 4.39. The third-order valence-electron chi connectivity index (χ3n) is 4.39. The molecule has 3 N–H and O–H groups in total. The Morgan fingerprint density at radius 1 is 1.15 bits per heavy atom. The molecule has 0 aliphatic carbocycles. The van der Waals surface area contributed by atoms with Gasteiger partial charge >= 0.3 is 6.61 Å². The summed E-state index contributed by atoms with van der Waals surface area (Å²) in [6, 6.07) is 6.80. The number of oxazole rings is 1. The van der Waals surface area contributed by atoms with Crippen molar-refractivity contribution in [1.82, 2.24) is 10.3 Å². The number of carbonyl (C=O) groups is 1. The number of phenols is 2. The van der Waals surface area contributed by atoms with Crippen LogP contribution in [0.1, 0.15) is 36.8 Å². The van der Waals surface area contributed by atoms with Gasteiger partial charge in [0.1, 0.15) is 6.26 Å². The van der Waals surface area contributed by atoms with Gasteiger partial charge in [-0.15, -0.1) is 0 Å². The summed E-state index contributed by atoms with van der Waals surface area (Å²) < 4.78 is 46.1. The Balaban J connectivity index is 1.75. The van der Waals surface area contributed by atoms with Gasteiger partial charge in [0.05, 0.1) is 30.5 Å². The molecule has 0 fully saturated rings. The average molecular weight is 478 g/mol. The van der Waals surface area contributed by atoms with Crippen LogP contribution in [0.25, 0.3) is 11.5 Å². The van der Waals surface area contributed by atoms with Gasteiger partial charge in [-0.05, 0) is 51.1 Å². The zero-order valence-corrected chi connectivity index (χ0v) is 18.7. The lowest BCUT2D eigenvalue weighted by Gasteiger charge is -2.15. The predicted molar refractivity (Wildman–Crippen MR) is 116 cm³/mol. The van der Waals surface area contributed by atoms with Gasteiger partial charge in [0.15, 0.2) is 23.0 Å². The van der Waals surface area contributed by atoms with Crippen LogP contribution in [0.4, 0.5) is 8.78 Å². The second-order valence-corrected chi connectivity index (χ2v) is 7.28. The van der Waals surface area contributed by atoms with Gasteiger partial charge in [-0.3, -0.25) is 4.79 Å². The number of aromatic nitrogens is 1. The molecule has 0 atom stereocenters. The molecular formula is C23H24F2N2O7. The van der Waals surface area contributed by atoms with Crippen molar-refractivity contribution in [3.05, 3.63) is 47.9 Å². The van der Waals surface area contributed by atoms with Crippen LogP contribution in [0, 0.1) is 0 Å². The van der Waals surface area contributed by atoms with Crippen molar-refractivity contribution in [1.29, 1.82) is 0 Å². The minimum absolute atomic E-state index is 0.0164. The van der Waals surface area contributed by atoms with Crippen LogP contribution in [0.5, 0.6) is 28.7 Å². The van der Waals surface area contributed by atoms with Gasteiger partial charge in [-0.25, -0.2) is 4.98 Å². The number of nitrogens with one attached hydrogen (secondary N) is 1. The van der Waals surface area contributed by atoms with Crippen LogP contribution in [-0.2, 0) is 6.54 Å². The molecule has 3 aromatic rings. The highest BCUT2D eigenvalue weighted by Crippen LogP contribution is 2.38. The molecule has 2 aromatic carbocycles. The molecule has 0 saturated carbocycles. The molecule has 182 valence electrons. The fourth-order valence-electron chi connectivity index (χ4n) is 3.00. The monoisotopic (exact) mass is 478 g/mol. The maximum Gasteiger partial charge on any atom is 0.387 e. The van der Waals surface area contributed by atoms with Crippen LogP contribution in [0.3, 0.4) is 0 Å². The van der Waals surface area contributed by atoms with Gasteiger partial charge in [-0.2, -0.15) is 8.78 Å². The summed E-state index contributed by atoms with van der Waals surface area (Å²) in [5.74, 6) is -1.47. The normalized spacial score (nSPS) is 11.0. The van der Waals surface area contributed by atoms with Crippen molar-refractivity contribution in [3.8, 4) is 40.2 Å². The SMILES string of the molecule is CCOc1c(C(=O)NCc2coc(-c3ccc(OC(F)F)c(OC(C)C)c3)n2)ccc(O)c1O. The molecule has 34 heavy (non-hydrogen) atoms. The summed E-state index contributed by atoms with van der Waals surface area (Å²) in [6.07, 6.45) is 1.05. The van der Waals surface area contributed by atoms with Gasteiger partial charge in [0.2, 0.25) is 11.6 Å². The number of benzene rings is 2. The quantitative estimate of drug-likeness (QED) is 0.365. The first kappa shape index (κ1) is 24.6. The van der Waals surface area contributed by atoms with Crippen molar-refractivity contribution in [3.63, 3.8) is 0 Å². The van der Waals surface area contributed by atoms with E-state index in [1.54, 1.807) is 20.8 Å². The summed E-state index contributed by atoms with van der Waals surface area (Å²) in [5, 5.41) is 22.2. The maximum atomic E-state index is 12.7. The molecule has 0 aliphatic heterocycles. The fraction of sp³-hybridized carbons (Fsp3) is 0.304. The zero-order chi connectivity index (χ0) is 24.8. The number of nitrogens with zero attached hydrogens (tertiary/aromatic N) is 1. The van der Waals surface area contributed by atoms with Crippen molar-refractivity contribution < 1.29 is 42.4 Å². The summed E-state index contributed by atoms with van der Waals surface area (Å²) in [7, 11) is 0. The summed E-state index contributed by atoms with van der Waals surface area (Å²) >= 11 is 0. The number of halogens is 2. The molecule has 11 heteroatoms. The summed E-state index contributed by atoms with van der Waals surface area (Å²) in [4.78, 5) is 16.9. The number of aromatic hydroxyl groups is 2. The van der Waals surface area contributed by atoms with E-state index in [1.807, 2.05) is 0 Å². The molecule has 1 aromatic heterocycles. The lowest BCUT2D eigenvalue weighted by molar-refractivity contribution is -0.0518. The first-order chi connectivity index (χ1) is 16.2. The number of hydrogen-bond donors (Lipinski definition) is 3. The molecule has 0 unspecified atom stereocenters. The number of hydrogen-bond acceptors (Lipinski definition) is 8. The van der Waals surface area contributed by atoms with Crippen LogP contribution in [0.2, 0.25) is 0 Å². The highest BCUT2D eigenvalue weighted by atomic mass is 19.3. The fourth-order valence-corrected chi connectivity index (χ4v) is 3.00. The molecule has 9 nitrogen and oxygen atoms in total. The smallest absolute Gasteiger partial charge is 0.387 e. The summed E-state index contributed by atoms with van der Waals surface area (Å²) in [5.41, 5.74) is 0.867. The standard InChI is InChI=1S/C23H24F2N2O7/c1-4-31-20-15(6-7-16(28)19(20)29)21(30)26-10-14-11-32-22(27-14)13-5-8-17(34-23(24)25)18(9-13)33-12(2)3/h5-9,11-12,23,28-29H,4,10H2,1-3H3,(H,26,30). The van der Waals surface area contributed by atoms with E-state index in [1.165, 1.54) is 36.6 Å². The maximum absolute atomic E-state index is 12.7. The Bertz CT molecular complexity index is 1150. The summed E-state index contributed by atoms with van der Waals surface area (Å²) in [6.45, 7) is 2.32. The third kappa shape index (κ3) is 5.85. The van der Waals surface area contributed by atoms with Crippen LogP contribution >= 0.6 is 0 Å². The van der Waals surface area contributed by atoms with E-state index in [4.69, 9.17) is 13.9 Å². The highest BCUT2D eigenvalue weighted by Gasteiger charge is 2.20. The molecular weight excluding hydrogens is 454 g/mol. The van der Waals surface area contributed by atoms with E-state index < -0.39 is 24.0 Å². The van der Waals surface area contributed by atoms with Crippen LogP contribution in [0.15, 0.2) is 41.0 Å². The Labute approximate surface area is 193 Å². The van der Waals surface area contributed by atoms with Crippen molar-refractivity contribution in [2.75, 3.05) is 6.61 Å². The number of ether oxygens (including phenoxy) is 3. The van der Waals surface area contributed by atoms with Crippen LogP contribution < -0.4 is 19.5 Å². The Kier molecular flexibility index (Phi) is 7.77. The number of amides is 1. The van der Waals surface area contributed by atoms with Gasteiger partial charge in [0.25, 0.3) is 5.91 Å². The molecule has 0 saturated heterocycles. The first-order valence-corrected chi connectivity index (χ1v) is 10.4. The van der Waals surface area contributed by atoms with Crippen LogP contribution in [-0.4, -0.2) is 40.4 Å². The average Bonchev–Trinajstić information content (AvgIpc) is 3.25. The van der Waals surface area contributed by atoms with Crippen molar-refractivity contribution >= 4 is 5.91 Å². The molecule has 0 bridgehead atoms. The minimum atomic E-state index is -3.00. The second kappa shape index (κ2) is 10.7. The van der Waals surface area contributed by atoms with Crippen molar-refractivity contribution in [2.24, 2.45) is 0 Å². The lowest BCUT2D eigenvalue weighted by Crippen LogP contribution is -2.23. The minimum Gasteiger partial charge on any atom is -0.504 e. The number of carbonyl (C=O) groups excluding carboxylic acids is 1. The topological polar surface area (TPSA) is 123 Å². The van der Waals surface area contributed by atoms with Gasteiger partial charge in [0, 0.05) is 5.56 Å². The molecule has 3 rings (SSSR count). The largest absolute Gasteiger partial charge is 0.504 e. The predicted octanol–water partition coefficient (Wildman–Crippen LogP) is 4.47. The Morgan fingerprint density at radius 2 is 1.91 bits per heavy atom. The number of alkyl halides is 2. The van der Waals surface area contributed by atoms with Gasteiger partial charge < -0.3 is 34.2 Å². The van der Waals surface area contributed by atoms with E-state index in [9.17, 15) is 23.8 Å². The molecule has 0 aliphatic rings. The molecule has 0 radical (unpaired) electrons. The molecule has 1 amide bonds. The number of phenolic OH excluding ortho intramolecular Hbond substituents is 2. The van der Waals surface area contributed by atoms with E-state index >= 15 is 0 Å². The van der Waals surface area contributed by atoms with E-state index in [-0.39, 0.29) is 48.0 Å². The zero-order valence-electron chi connectivity index (χ0n) is 18.7. The Morgan fingerprint density at radius 3 is 2.59 bits per heavy atom. The highest BCUT2D eigenvalue weighted by molar-refractivity contribution is 5.98. The number of rotatable bonds is 10. The van der Waals surface area contributed by atoms with Gasteiger partial charge in [-0.1, -0.05) is 0 Å². The Hall–Kier alpha value is -4.02. The molecule has 0 spiro atoms. The first-order valence-electron chi connectivity index (χ1n) is 10.4. The molecule has 1 heterocycles. The lowest BCUT2D eigenvalue weighted by atomic mass is 10.1.